The van der Waals surface area contributed by atoms with Crippen LogP contribution in [0.1, 0.15) is 10.4 Å². The number of amides is 1. The Morgan fingerprint density at radius 2 is 1.71 bits per heavy atom. The van der Waals surface area contributed by atoms with Crippen molar-refractivity contribution in [3.8, 4) is 11.4 Å². The van der Waals surface area contributed by atoms with Crippen LogP contribution >= 0.6 is 0 Å². The van der Waals surface area contributed by atoms with E-state index in [-0.39, 0.29) is 17.3 Å². The minimum atomic E-state index is -3.64. The number of carbonyl (C=O) groups is 1. The second-order valence-electron chi connectivity index (χ2n) is 6.77. The van der Waals surface area contributed by atoms with Crippen LogP contribution in [0.5, 0.6) is 0 Å². The molecular weight excluding hydrogens is 412 g/mol. The zero-order valence-corrected chi connectivity index (χ0v) is 17.3. The van der Waals surface area contributed by atoms with Crippen molar-refractivity contribution in [3.05, 3.63) is 91.0 Å². The first-order chi connectivity index (χ1) is 15.0. The quantitative estimate of drug-likeness (QED) is 0.385. The largest absolute Gasteiger partial charge is 0.338 e. The van der Waals surface area contributed by atoms with Crippen molar-refractivity contribution in [1.29, 1.82) is 0 Å². The normalized spacial score (nSPS) is 11.4. The average molecular weight is 433 g/mol. The molecule has 0 fully saturated rings. The number of fused-ring (bicyclic) bond motifs is 1. The number of sulfonamides is 1. The number of nitrogens with zero attached hydrogens (tertiary/aromatic N) is 1. The Bertz CT molecular complexity index is 1330. The summed E-state index contributed by atoms with van der Waals surface area (Å²) in [5.41, 5.74) is 3.42. The predicted octanol–water partition coefficient (Wildman–Crippen LogP) is 3.95. The van der Waals surface area contributed by atoms with Gasteiger partial charge >= 0.3 is 0 Å². The van der Waals surface area contributed by atoms with Gasteiger partial charge in [-0.15, -0.1) is 6.58 Å². The van der Waals surface area contributed by atoms with Crippen LogP contribution in [0, 0.1) is 0 Å². The zero-order chi connectivity index (χ0) is 21.8. The molecule has 1 heterocycles. The van der Waals surface area contributed by atoms with Crippen LogP contribution in [-0.2, 0) is 10.0 Å². The fraction of sp³-hybridized carbons (Fsp3) is 0.0435. The van der Waals surface area contributed by atoms with Crippen molar-refractivity contribution in [2.24, 2.45) is 0 Å². The van der Waals surface area contributed by atoms with Gasteiger partial charge in [0.05, 0.1) is 21.6 Å². The average Bonchev–Trinajstić information content (AvgIpc) is 3.22. The highest BCUT2D eigenvalue weighted by atomic mass is 32.2. The summed E-state index contributed by atoms with van der Waals surface area (Å²) in [6, 6.07) is 20.8. The lowest BCUT2D eigenvalue weighted by Gasteiger charge is -2.10. The van der Waals surface area contributed by atoms with Gasteiger partial charge in [0, 0.05) is 17.7 Å². The number of benzene rings is 3. The van der Waals surface area contributed by atoms with Crippen molar-refractivity contribution >= 4 is 32.7 Å². The number of aromatic amines is 1. The van der Waals surface area contributed by atoms with Gasteiger partial charge in [0.2, 0.25) is 10.0 Å². The first-order valence-electron chi connectivity index (χ1n) is 9.54. The predicted molar refractivity (Wildman–Crippen MR) is 121 cm³/mol. The molecule has 0 aliphatic rings. The van der Waals surface area contributed by atoms with Crippen LogP contribution in [-0.4, -0.2) is 30.8 Å². The van der Waals surface area contributed by atoms with Gasteiger partial charge in [-0.05, 0) is 48.5 Å². The van der Waals surface area contributed by atoms with E-state index in [9.17, 15) is 13.2 Å². The molecule has 0 bridgehead atoms. The van der Waals surface area contributed by atoms with Gasteiger partial charge in [0.1, 0.15) is 5.82 Å². The molecule has 8 heteroatoms. The number of nitrogens with one attached hydrogen (secondary N) is 3. The number of carbonyl (C=O) groups excluding carboxylic acids is 1. The fourth-order valence-electron chi connectivity index (χ4n) is 3.11. The third kappa shape index (κ3) is 4.40. The van der Waals surface area contributed by atoms with Gasteiger partial charge in [0.15, 0.2) is 0 Å². The van der Waals surface area contributed by atoms with Crippen molar-refractivity contribution < 1.29 is 13.2 Å². The maximum absolute atomic E-state index is 12.8. The van der Waals surface area contributed by atoms with Crippen molar-refractivity contribution in [1.82, 2.24) is 14.7 Å². The third-order valence-electron chi connectivity index (χ3n) is 4.66. The summed E-state index contributed by atoms with van der Waals surface area (Å²) >= 11 is 0. The molecule has 0 atom stereocenters. The van der Waals surface area contributed by atoms with Crippen molar-refractivity contribution in [2.45, 2.75) is 4.90 Å². The van der Waals surface area contributed by atoms with Crippen LogP contribution in [0.15, 0.2) is 90.3 Å². The second kappa shape index (κ2) is 8.55. The van der Waals surface area contributed by atoms with E-state index in [4.69, 9.17) is 0 Å². The maximum Gasteiger partial charge on any atom is 0.255 e. The Morgan fingerprint density at radius 1 is 1.00 bits per heavy atom. The minimum Gasteiger partial charge on any atom is -0.338 e. The molecule has 3 N–H and O–H groups in total. The molecule has 1 amide bonds. The summed E-state index contributed by atoms with van der Waals surface area (Å²) in [5.74, 6) is 0.290. The summed E-state index contributed by atoms with van der Waals surface area (Å²) in [6.07, 6.45) is 1.46. The molecule has 0 spiro atoms. The highest BCUT2D eigenvalue weighted by Crippen LogP contribution is 2.28. The standard InChI is InChI=1S/C23H20N4O3S/c1-2-15-24-31(29,30)17-13-11-16(12-14-17)23(28)27-19-8-4-3-7-18(19)22-25-20-9-5-6-10-21(20)26-22/h2-14,24H,1,15H2,(H,25,26)(H,27,28). The van der Waals surface area contributed by atoms with Gasteiger partial charge < -0.3 is 10.3 Å². The lowest BCUT2D eigenvalue weighted by molar-refractivity contribution is 0.102. The lowest BCUT2D eigenvalue weighted by atomic mass is 10.1. The molecule has 0 aliphatic carbocycles. The lowest BCUT2D eigenvalue weighted by Crippen LogP contribution is -2.23. The number of rotatable bonds is 7. The van der Waals surface area contributed by atoms with E-state index in [0.29, 0.717) is 17.1 Å². The minimum absolute atomic E-state index is 0.0774. The Morgan fingerprint density at radius 3 is 2.45 bits per heavy atom. The van der Waals surface area contributed by atoms with Crippen LogP contribution in [0.3, 0.4) is 0 Å². The number of hydrogen-bond acceptors (Lipinski definition) is 4. The molecule has 0 aliphatic heterocycles. The number of hydrogen-bond donors (Lipinski definition) is 3. The van der Waals surface area contributed by atoms with Crippen LogP contribution in [0.4, 0.5) is 5.69 Å². The summed E-state index contributed by atoms with van der Waals surface area (Å²) in [7, 11) is -3.64. The van der Waals surface area contributed by atoms with E-state index in [1.807, 2.05) is 42.5 Å². The number of imidazole rings is 1. The van der Waals surface area contributed by atoms with E-state index in [1.165, 1.54) is 30.3 Å². The number of H-pyrrole nitrogens is 1. The summed E-state index contributed by atoms with van der Waals surface area (Å²) < 4.78 is 26.7. The molecule has 4 aromatic rings. The number of anilines is 1. The van der Waals surface area contributed by atoms with E-state index in [1.54, 1.807) is 6.07 Å². The molecule has 156 valence electrons. The molecule has 0 saturated heterocycles. The smallest absolute Gasteiger partial charge is 0.255 e. The fourth-order valence-corrected chi connectivity index (χ4v) is 4.11. The van der Waals surface area contributed by atoms with Gasteiger partial charge in [-0.3, -0.25) is 4.79 Å². The maximum atomic E-state index is 12.8. The Labute approximate surface area is 179 Å². The van der Waals surface area contributed by atoms with Crippen molar-refractivity contribution in [3.63, 3.8) is 0 Å². The third-order valence-corrected chi connectivity index (χ3v) is 6.10. The molecule has 0 radical (unpaired) electrons. The van der Waals surface area contributed by atoms with E-state index < -0.39 is 10.0 Å². The van der Waals surface area contributed by atoms with Crippen LogP contribution < -0.4 is 10.0 Å². The molecule has 7 nitrogen and oxygen atoms in total. The first kappa shape index (κ1) is 20.5. The monoisotopic (exact) mass is 432 g/mol. The van der Waals surface area contributed by atoms with Crippen molar-refractivity contribution in [2.75, 3.05) is 11.9 Å². The molecule has 1 aromatic heterocycles. The second-order valence-corrected chi connectivity index (χ2v) is 8.53. The van der Waals surface area contributed by atoms with Crippen LogP contribution in [0.25, 0.3) is 22.4 Å². The van der Waals surface area contributed by atoms with Gasteiger partial charge in [-0.25, -0.2) is 18.1 Å². The molecule has 0 saturated carbocycles. The van der Waals surface area contributed by atoms with Crippen LogP contribution in [0.2, 0.25) is 0 Å². The highest BCUT2D eigenvalue weighted by molar-refractivity contribution is 7.89. The highest BCUT2D eigenvalue weighted by Gasteiger charge is 2.16. The number of aromatic nitrogens is 2. The van der Waals surface area contributed by atoms with Gasteiger partial charge in [-0.2, -0.15) is 0 Å². The van der Waals surface area contributed by atoms with E-state index >= 15 is 0 Å². The van der Waals surface area contributed by atoms with E-state index in [2.05, 4.69) is 26.6 Å². The first-order valence-corrected chi connectivity index (χ1v) is 11.0. The SMILES string of the molecule is C=CCNS(=O)(=O)c1ccc(C(=O)Nc2ccccc2-c2nc3ccccc3[nH]2)cc1. The summed E-state index contributed by atoms with van der Waals surface area (Å²) in [6.45, 7) is 3.62. The topological polar surface area (TPSA) is 104 Å². The van der Waals surface area contributed by atoms with Gasteiger partial charge in [-0.1, -0.05) is 30.3 Å². The molecule has 4 rings (SSSR count). The Kier molecular flexibility index (Phi) is 5.66. The number of para-hydroxylation sites is 3. The molecule has 0 unspecified atom stereocenters. The molecule has 31 heavy (non-hydrogen) atoms. The zero-order valence-electron chi connectivity index (χ0n) is 16.5. The Hall–Kier alpha value is -3.75. The Balaban J connectivity index is 1.57. The molecule has 3 aromatic carbocycles. The van der Waals surface area contributed by atoms with E-state index in [0.717, 1.165) is 16.6 Å². The summed E-state index contributed by atoms with van der Waals surface area (Å²) in [5, 5.41) is 2.88. The van der Waals surface area contributed by atoms with Gasteiger partial charge in [0.25, 0.3) is 5.91 Å². The summed E-state index contributed by atoms with van der Waals surface area (Å²) in [4.78, 5) is 20.7. The molecular formula is C23H20N4O3S.